The predicted molar refractivity (Wildman–Crippen MR) is 154 cm³/mol. The van der Waals surface area contributed by atoms with E-state index < -0.39 is 34.4 Å². The minimum absolute atomic E-state index is 0.00541. The first-order valence-electron chi connectivity index (χ1n) is 12.2. The molecule has 3 aromatic rings. The van der Waals surface area contributed by atoms with E-state index in [1.165, 1.54) is 31.2 Å². The molecular weight excluding hydrogens is 561 g/mol. The molecule has 1 atom stereocenters. The monoisotopic (exact) mass is 591 g/mol. The number of sulfonamides is 1. The molecule has 1 N–H and O–H groups in total. The summed E-state index contributed by atoms with van der Waals surface area (Å²) in [5.74, 6) is -0.762. The predicted octanol–water partition coefficient (Wildman–Crippen LogP) is 5.06. The van der Waals surface area contributed by atoms with Crippen LogP contribution < -0.4 is 14.4 Å². The molecule has 0 unspecified atom stereocenters. The van der Waals surface area contributed by atoms with Crippen molar-refractivity contribution in [3.8, 4) is 5.75 Å². The second kappa shape index (κ2) is 13.2. The number of hydrogen-bond donors (Lipinski definition) is 1. The first-order valence-corrected chi connectivity index (χ1v) is 14.4. The molecule has 2 amide bonds. The molecule has 11 heteroatoms. The molecule has 0 aromatic heterocycles. The van der Waals surface area contributed by atoms with Crippen LogP contribution in [0.5, 0.6) is 5.75 Å². The number of rotatable bonds is 11. The van der Waals surface area contributed by atoms with Gasteiger partial charge in [0.05, 0.1) is 17.7 Å². The van der Waals surface area contributed by atoms with Crippen LogP contribution in [0.3, 0.4) is 0 Å². The van der Waals surface area contributed by atoms with E-state index in [2.05, 4.69) is 5.32 Å². The largest absolute Gasteiger partial charge is 0.495 e. The van der Waals surface area contributed by atoms with Crippen molar-refractivity contribution in [2.75, 3.05) is 25.0 Å². The quantitative estimate of drug-likeness (QED) is 0.336. The minimum Gasteiger partial charge on any atom is -0.495 e. The number of nitrogens with zero attached hydrogens (tertiary/aromatic N) is 2. The number of likely N-dealkylation sites (N-methyl/N-ethyl adjacent to an activating group) is 1. The summed E-state index contributed by atoms with van der Waals surface area (Å²) in [6, 6.07) is 16.9. The number of carbonyl (C=O) groups excluding carboxylic acids is 2. The van der Waals surface area contributed by atoms with Crippen molar-refractivity contribution in [2.45, 2.75) is 37.8 Å². The minimum atomic E-state index is -4.23. The molecule has 0 fully saturated rings. The first-order chi connectivity index (χ1) is 18.5. The maximum atomic E-state index is 14.0. The molecule has 39 heavy (non-hydrogen) atoms. The summed E-state index contributed by atoms with van der Waals surface area (Å²) in [6.07, 6.45) is 0.271. The number of carbonyl (C=O) groups is 2. The fourth-order valence-corrected chi connectivity index (χ4v) is 6.07. The van der Waals surface area contributed by atoms with Gasteiger partial charge >= 0.3 is 0 Å². The molecule has 0 aliphatic heterocycles. The fraction of sp³-hybridized carbons (Fsp3) is 0.286. The molecule has 0 spiro atoms. The van der Waals surface area contributed by atoms with Crippen molar-refractivity contribution < 1.29 is 22.7 Å². The van der Waals surface area contributed by atoms with Crippen LogP contribution in [0.2, 0.25) is 10.0 Å². The number of hydrogen-bond acceptors (Lipinski definition) is 5. The first kappa shape index (κ1) is 30.3. The van der Waals surface area contributed by atoms with Crippen molar-refractivity contribution in [3.63, 3.8) is 0 Å². The lowest BCUT2D eigenvalue weighted by molar-refractivity contribution is -0.140. The van der Waals surface area contributed by atoms with E-state index in [-0.39, 0.29) is 29.3 Å². The van der Waals surface area contributed by atoms with Gasteiger partial charge < -0.3 is 15.0 Å². The van der Waals surface area contributed by atoms with Gasteiger partial charge in [0.25, 0.3) is 10.0 Å². The third kappa shape index (κ3) is 6.84. The van der Waals surface area contributed by atoms with Gasteiger partial charge in [0.15, 0.2) is 0 Å². The zero-order valence-corrected chi connectivity index (χ0v) is 24.5. The lowest BCUT2D eigenvalue weighted by Crippen LogP contribution is -2.51. The van der Waals surface area contributed by atoms with Gasteiger partial charge in [-0.2, -0.15) is 0 Å². The highest BCUT2D eigenvalue weighted by Gasteiger charge is 2.35. The highest BCUT2D eigenvalue weighted by Crippen LogP contribution is 2.33. The molecule has 0 radical (unpaired) electrons. The van der Waals surface area contributed by atoms with Gasteiger partial charge in [-0.1, -0.05) is 66.0 Å². The van der Waals surface area contributed by atoms with Crippen molar-refractivity contribution in [2.24, 2.45) is 0 Å². The Hall–Kier alpha value is -3.27. The van der Waals surface area contributed by atoms with E-state index in [4.69, 9.17) is 27.9 Å². The van der Waals surface area contributed by atoms with Crippen molar-refractivity contribution in [1.29, 1.82) is 0 Å². The lowest BCUT2D eigenvalue weighted by atomic mass is 10.1. The number of para-hydroxylation sites is 2. The molecule has 0 bridgehead atoms. The molecule has 8 nitrogen and oxygen atoms in total. The van der Waals surface area contributed by atoms with Crippen LogP contribution in [0, 0.1) is 6.92 Å². The van der Waals surface area contributed by atoms with Crippen LogP contribution in [0.1, 0.15) is 24.5 Å². The Bertz CT molecular complexity index is 1410. The van der Waals surface area contributed by atoms with E-state index >= 15 is 0 Å². The van der Waals surface area contributed by atoms with E-state index in [1.54, 1.807) is 61.5 Å². The summed E-state index contributed by atoms with van der Waals surface area (Å²) in [6.45, 7) is 2.90. The average Bonchev–Trinajstić information content (AvgIpc) is 2.92. The molecule has 3 aromatic carbocycles. The number of halogens is 2. The van der Waals surface area contributed by atoms with E-state index in [9.17, 15) is 18.0 Å². The smallest absolute Gasteiger partial charge is 0.264 e. The van der Waals surface area contributed by atoms with Crippen LogP contribution in [-0.4, -0.2) is 51.9 Å². The molecule has 0 saturated carbocycles. The Kier molecular flexibility index (Phi) is 10.2. The maximum Gasteiger partial charge on any atom is 0.264 e. The van der Waals surface area contributed by atoms with Crippen molar-refractivity contribution >= 4 is 50.7 Å². The summed E-state index contributed by atoms with van der Waals surface area (Å²) in [4.78, 5) is 28.2. The van der Waals surface area contributed by atoms with E-state index in [0.29, 0.717) is 15.6 Å². The second-order valence-corrected chi connectivity index (χ2v) is 11.4. The standard InChI is InChI=1S/C28H31Cl2N3O5S/c1-5-24(28(35)31-3)32(17-21-22(29)9-8-10-23(21)30)27(34)18-33(25-11-6-7-12-26(25)38-4)39(36,37)20-15-13-19(2)14-16-20/h6-16,24H,5,17-18H2,1-4H3,(H,31,35)/t24-/m0/s1. The van der Waals surface area contributed by atoms with Crippen LogP contribution in [0.15, 0.2) is 71.6 Å². The Morgan fingerprint density at radius 3 is 2.15 bits per heavy atom. The van der Waals surface area contributed by atoms with Gasteiger partial charge in [-0.3, -0.25) is 13.9 Å². The topological polar surface area (TPSA) is 96.0 Å². The van der Waals surface area contributed by atoms with Crippen LogP contribution in [0.25, 0.3) is 0 Å². The van der Waals surface area contributed by atoms with Crippen LogP contribution >= 0.6 is 23.2 Å². The molecule has 3 rings (SSSR count). The Morgan fingerprint density at radius 1 is 0.974 bits per heavy atom. The van der Waals surface area contributed by atoms with Crippen molar-refractivity contribution in [1.82, 2.24) is 10.2 Å². The SMILES string of the molecule is CC[C@@H](C(=O)NC)N(Cc1c(Cl)cccc1Cl)C(=O)CN(c1ccccc1OC)S(=O)(=O)c1ccc(C)cc1. The zero-order valence-electron chi connectivity index (χ0n) is 22.1. The fourth-order valence-electron chi connectivity index (χ4n) is 4.13. The number of anilines is 1. The molecule has 208 valence electrons. The third-order valence-corrected chi connectivity index (χ3v) is 8.75. The van der Waals surface area contributed by atoms with E-state index in [1.807, 2.05) is 6.92 Å². The molecule has 0 aliphatic carbocycles. The lowest BCUT2D eigenvalue weighted by Gasteiger charge is -2.33. The molecular formula is C28H31Cl2N3O5S. The summed E-state index contributed by atoms with van der Waals surface area (Å²) in [7, 11) is -1.34. The van der Waals surface area contributed by atoms with Crippen molar-refractivity contribution in [3.05, 3.63) is 87.9 Å². The number of nitrogens with one attached hydrogen (secondary N) is 1. The third-order valence-electron chi connectivity index (χ3n) is 6.26. The molecule has 0 aliphatic rings. The number of ether oxygens (including phenoxy) is 1. The highest BCUT2D eigenvalue weighted by atomic mass is 35.5. The average molecular weight is 593 g/mol. The molecule has 0 saturated heterocycles. The van der Waals surface area contributed by atoms with Gasteiger partial charge in [0.2, 0.25) is 11.8 Å². The second-order valence-electron chi connectivity index (χ2n) is 8.76. The maximum absolute atomic E-state index is 14.0. The zero-order chi connectivity index (χ0) is 28.7. The normalized spacial score (nSPS) is 11.9. The Morgan fingerprint density at radius 2 is 1.59 bits per heavy atom. The Labute approximate surface area is 239 Å². The van der Waals surface area contributed by atoms with E-state index in [0.717, 1.165) is 9.87 Å². The summed E-state index contributed by atoms with van der Waals surface area (Å²) >= 11 is 12.8. The van der Waals surface area contributed by atoms with Gasteiger partial charge in [-0.05, 0) is 49.7 Å². The van der Waals surface area contributed by atoms with Gasteiger partial charge in [-0.15, -0.1) is 0 Å². The van der Waals surface area contributed by atoms with Gasteiger partial charge in [-0.25, -0.2) is 8.42 Å². The molecule has 0 heterocycles. The summed E-state index contributed by atoms with van der Waals surface area (Å²) in [5.41, 5.74) is 1.51. The summed E-state index contributed by atoms with van der Waals surface area (Å²) in [5, 5.41) is 3.22. The number of benzene rings is 3. The van der Waals surface area contributed by atoms with Gasteiger partial charge in [0.1, 0.15) is 18.3 Å². The summed E-state index contributed by atoms with van der Waals surface area (Å²) < 4.78 is 34.3. The highest BCUT2D eigenvalue weighted by molar-refractivity contribution is 7.92. The number of methoxy groups -OCH3 is 1. The number of amides is 2. The Balaban J connectivity index is 2.13. The van der Waals surface area contributed by atoms with Crippen LogP contribution in [0.4, 0.5) is 5.69 Å². The van der Waals surface area contributed by atoms with Crippen LogP contribution in [-0.2, 0) is 26.2 Å². The number of aryl methyl sites for hydroxylation is 1. The van der Waals surface area contributed by atoms with Gasteiger partial charge in [0, 0.05) is 29.2 Å².